The lowest BCUT2D eigenvalue weighted by molar-refractivity contribution is 0.0198. The van der Waals surface area contributed by atoms with Crippen molar-refractivity contribution in [3.8, 4) is 0 Å². The van der Waals surface area contributed by atoms with Gasteiger partial charge in [0.1, 0.15) is 18.2 Å². The van der Waals surface area contributed by atoms with Gasteiger partial charge in [-0.25, -0.2) is 23.8 Å². The van der Waals surface area contributed by atoms with Crippen molar-refractivity contribution < 1.29 is 42.3 Å². The van der Waals surface area contributed by atoms with Crippen molar-refractivity contribution in [3.63, 3.8) is 0 Å². The van der Waals surface area contributed by atoms with Crippen molar-refractivity contribution in [2.24, 2.45) is 0 Å². The number of imidazole rings is 1. The maximum absolute atomic E-state index is 12.4. The van der Waals surface area contributed by atoms with Gasteiger partial charge in [0, 0.05) is 13.2 Å². The van der Waals surface area contributed by atoms with Gasteiger partial charge < -0.3 is 34.7 Å². The van der Waals surface area contributed by atoms with Crippen LogP contribution in [-0.2, 0) is 34.0 Å². The summed E-state index contributed by atoms with van der Waals surface area (Å²) in [6.07, 6.45) is 23.1. The van der Waals surface area contributed by atoms with E-state index in [0.717, 1.165) is 12.8 Å². The third kappa shape index (κ3) is 18.0. The number of nitrogens with two attached hydrogens (primary N) is 1. The second-order valence-corrected chi connectivity index (χ2v) is 14.7. The lowest BCUT2D eigenvalue weighted by Crippen LogP contribution is -2.24. The molecule has 2 rings (SSSR count). The third-order valence-electron chi connectivity index (χ3n) is 7.23. The molecule has 0 bridgehead atoms. The highest BCUT2D eigenvalue weighted by molar-refractivity contribution is 7.63. The summed E-state index contributed by atoms with van der Waals surface area (Å²) >= 11 is 0. The standard InChI is InChI=1S/C30H55N5O9P2/c1-2-3-4-5-6-7-8-9-10-11-12-13-14-15-16-17-19-41-20-18-21-43-46(39,40)44-45(37,38)26-42-27(23-36)22-35-25-34-28-29(31)32-24-33-30(28)35/h9-10,24-25,27,36H,2-8,11-23,26H2,1H3,(H,37,38)(H,39,40)(H2,31,32,33)/b10-9+/t27-/m0/s1. The molecule has 5 N–H and O–H groups in total. The van der Waals surface area contributed by atoms with Gasteiger partial charge in [-0.1, -0.05) is 76.9 Å². The van der Waals surface area contributed by atoms with E-state index in [0.29, 0.717) is 30.8 Å². The van der Waals surface area contributed by atoms with E-state index >= 15 is 0 Å². The number of aliphatic hydroxyl groups is 1. The largest absolute Gasteiger partial charge is 0.479 e. The first-order valence-corrected chi connectivity index (χ1v) is 19.8. The van der Waals surface area contributed by atoms with Gasteiger partial charge in [0.05, 0.1) is 32.2 Å². The summed E-state index contributed by atoms with van der Waals surface area (Å²) in [5.41, 5.74) is 6.51. The zero-order valence-electron chi connectivity index (χ0n) is 27.3. The number of nitrogen functional groups attached to an aromatic ring is 1. The lowest BCUT2D eigenvalue weighted by atomic mass is 10.1. The number of aromatic nitrogens is 4. The van der Waals surface area contributed by atoms with E-state index in [9.17, 15) is 24.0 Å². The number of anilines is 1. The Morgan fingerprint density at radius 2 is 1.50 bits per heavy atom. The Bertz CT molecular complexity index is 1220. The van der Waals surface area contributed by atoms with E-state index in [2.05, 4.69) is 38.3 Å². The molecule has 2 unspecified atom stereocenters. The fourth-order valence-electron chi connectivity index (χ4n) is 4.72. The Morgan fingerprint density at radius 3 is 2.17 bits per heavy atom. The molecule has 2 aromatic rings. The van der Waals surface area contributed by atoms with Crippen molar-refractivity contribution in [2.45, 2.75) is 116 Å². The number of aliphatic hydroxyl groups excluding tert-OH is 1. The molecule has 0 saturated heterocycles. The summed E-state index contributed by atoms with van der Waals surface area (Å²) < 4.78 is 46.2. The fourth-order valence-corrected chi connectivity index (χ4v) is 7.14. The number of phosphoric ester groups is 1. The Labute approximate surface area is 273 Å². The monoisotopic (exact) mass is 691 g/mol. The summed E-state index contributed by atoms with van der Waals surface area (Å²) in [5, 5.41) is 9.65. The molecule has 0 saturated carbocycles. The van der Waals surface area contributed by atoms with Gasteiger partial charge >= 0.3 is 15.4 Å². The number of nitrogens with zero attached hydrogens (tertiary/aromatic N) is 4. The first kappa shape index (κ1) is 40.4. The van der Waals surface area contributed by atoms with Crippen LogP contribution in [0.15, 0.2) is 24.8 Å². The van der Waals surface area contributed by atoms with Crippen LogP contribution in [0, 0.1) is 0 Å². The van der Waals surface area contributed by atoms with Crippen molar-refractivity contribution in [1.82, 2.24) is 19.5 Å². The maximum Gasteiger partial charge on any atom is 0.479 e. The minimum atomic E-state index is -4.83. The molecule has 46 heavy (non-hydrogen) atoms. The minimum absolute atomic E-state index is 0.00793. The second kappa shape index (κ2) is 23.6. The van der Waals surface area contributed by atoms with Gasteiger partial charge in [0.15, 0.2) is 11.5 Å². The van der Waals surface area contributed by atoms with Crippen molar-refractivity contribution in [3.05, 3.63) is 24.8 Å². The van der Waals surface area contributed by atoms with Crippen LogP contribution >= 0.6 is 15.4 Å². The second-order valence-electron chi connectivity index (χ2n) is 11.4. The molecular weight excluding hydrogens is 636 g/mol. The zero-order valence-corrected chi connectivity index (χ0v) is 29.1. The molecule has 0 aromatic carbocycles. The van der Waals surface area contributed by atoms with Crippen LogP contribution in [-0.4, -0.2) is 73.3 Å². The molecule has 16 heteroatoms. The molecule has 0 aliphatic heterocycles. The summed E-state index contributed by atoms with van der Waals surface area (Å²) in [5.74, 6) is 0.178. The normalized spacial score (nSPS) is 15.4. The van der Waals surface area contributed by atoms with Gasteiger partial charge in [-0.2, -0.15) is 0 Å². The van der Waals surface area contributed by atoms with Gasteiger partial charge in [-0.15, -0.1) is 0 Å². The van der Waals surface area contributed by atoms with Crippen LogP contribution in [0.1, 0.15) is 103 Å². The quantitative estimate of drug-likeness (QED) is 0.0409. The number of fused-ring (bicyclic) bond motifs is 1. The van der Waals surface area contributed by atoms with Crippen LogP contribution in [0.5, 0.6) is 0 Å². The fraction of sp³-hybridized carbons (Fsp3) is 0.767. The third-order valence-corrected chi connectivity index (χ3v) is 10.1. The SMILES string of the molecule is CCCCCCCC/C=C/CCCCCCCCOCCCOP(=O)(O)OP(=O)(O)CO[C@H](CO)Cn1cnc2c(N)ncnc21. The molecule has 0 spiro atoms. The van der Waals surface area contributed by atoms with E-state index in [1.165, 1.54) is 94.3 Å². The average Bonchev–Trinajstić information content (AvgIpc) is 3.43. The Kier molecular flexibility index (Phi) is 20.7. The molecule has 0 fully saturated rings. The molecule has 14 nitrogen and oxygen atoms in total. The van der Waals surface area contributed by atoms with Crippen molar-refractivity contribution in [1.29, 1.82) is 0 Å². The van der Waals surface area contributed by atoms with Crippen LogP contribution in [0.3, 0.4) is 0 Å². The molecule has 2 aromatic heterocycles. The van der Waals surface area contributed by atoms with E-state index in [1.54, 1.807) is 0 Å². The predicted octanol–water partition coefficient (Wildman–Crippen LogP) is 6.51. The van der Waals surface area contributed by atoms with Gasteiger partial charge in [0.2, 0.25) is 0 Å². The summed E-state index contributed by atoms with van der Waals surface area (Å²) in [6, 6.07) is 0. The summed E-state index contributed by atoms with van der Waals surface area (Å²) in [4.78, 5) is 31.9. The number of phosphoric acid groups is 1. The molecule has 264 valence electrons. The van der Waals surface area contributed by atoms with Crippen LogP contribution in [0.4, 0.5) is 5.82 Å². The van der Waals surface area contributed by atoms with Crippen LogP contribution < -0.4 is 5.73 Å². The molecular formula is C30H55N5O9P2. The summed E-state index contributed by atoms with van der Waals surface area (Å²) in [7, 11) is -9.53. The topological polar surface area (TPSA) is 201 Å². The highest BCUT2D eigenvalue weighted by atomic mass is 31.3. The Balaban J connectivity index is 1.46. The molecule has 0 aliphatic carbocycles. The first-order valence-electron chi connectivity index (χ1n) is 16.5. The highest BCUT2D eigenvalue weighted by Gasteiger charge is 2.34. The minimum Gasteiger partial charge on any atom is -0.394 e. The Morgan fingerprint density at radius 1 is 0.870 bits per heavy atom. The maximum atomic E-state index is 12.4. The first-order chi connectivity index (χ1) is 22.2. The van der Waals surface area contributed by atoms with Gasteiger partial charge in [-0.3, -0.25) is 9.09 Å². The van der Waals surface area contributed by atoms with Crippen LogP contribution in [0.2, 0.25) is 0 Å². The molecule has 0 aliphatic rings. The van der Waals surface area contributed by atoms with E-state index in [-0.39, 0.29) is 19.0 Å². The van der Waals surface area contributed by atoms with Crippen molar-refractivity contribution in [2.75, 3.05) is 38.5 Å². The number of ether oxygens (including phenoxy) is 2. The zero-order chi connectivity index (χ0) is 33.5. The number of hydrogen-bond acceptors (Lipinski definition) is 11. The van der Waals surface area contributed by atoms with E-state index in [1.807, 2.05) is 0 Å². The molecule has 3 atom stereocenters. The van der Waals surface area contributed by atoms with E-state index < -0.39 is 34.5 Å². The molecule has 0 amide bonds. The number of allylic oxidation sites excluding steroid dienone is 2. The Hall–Kier alpha value is -1.73. The van der Waals surface area contributed by atoms with Gasteiger partial charge in [0.25, 0.3) is 0 Å². The number of hydrogen-bond donors (Lipinski definition) is 4. The van der Waals surface area contributed by atoms with Crippen molar-refractivity contribution >= 4 is 32.4 Å². The molecule has 2 heterocycles. The number of unbranched alkanes of at least 4 members (excludes halogenated alkanes) is 12. The smallest absolute Gasteiger partial charge is 0.394 e. The number of rotatable bonds is 29. The predicted molar refractivity (Wildman–Crippen MR) is 178 cm³/mol. The highest BCUT2D eigenvalue weighted by Crippen LogP contribution is 2.59. The van der Waals surface area contributed by atoms with Gasteiger partial charge in [-0.05, 0) is 38.5 Å². The molecule has 0 radical (unpaired) electrons. The van der Waals surface area contributed by atoms with E-state index in [4.69, 9.17) is 19.7 Å². The van der Waals surface area contributed by atoms with Crippen LogP contribution in [0.25, 0.3) is 11.2 Å². The average molecular weight is 692 g/mol. The summed E-state index contributed by atoms with van der Waals surface area (Å²) in [6.45, 7) is 2.46. The lowest BCUT2D eigenvalue weighted by Gasteiger charge is -2.20.